The number of hydrogen-bond acceptors (Lipinski definition) is 4. The lowest BCUT2D eigenvalue weighted by molar-refractivity contribution is -0.121. The molecule has 2 aromatic carbocycles. The third-order valence-corrected chi connectivity index (χ3v) is 5.14. The largest absolute Gasteiger partial charge is 0.347 e. The molecule has 4 aromatic rings. The van der Waals surface area contributed by atoms with Gasteiger partial charge in [-0.25, -0.2) is 4.98 Å². The zero-order chi connectivity index (χ0) is 20.4. The van der Waals surface area contributed by atoms with Crippen LogP contribution in [-0.4, -0.2) is 30.2 Å². The van der Waals surface area contributed by atoms with E-state index in [2.05, 4.69) is 32.0 Å². The molecule has 7 nitrogen and oxygen atoms in total. The Morgan fingerprint density at radius 1 is 1.17 bits per heavy atom. The molecular formula is C21H22N6OS. The molecule has 0 aliphatic carbocycles. The van der Waals surface area contributed by atoms with Crippen molar-refractivity contribution >= 4 is 29.2 Å². The van der Waals surface area contributed by atoms with Crippen LogP contribution in [0.25, 0.3) is 22.4 Å². The molecule has 0 bridgehead atoms. The lowest BCUT2D eigenvalue weighted by Gasteiger charge is -2.10. The van der Waals surface area contributed by atoms with Gasteiger partial charge in [0.25, 0.3) is 0 Å². The van der Waals surface area contributed by atoms with Crippen molar-refractivity contribution in [3.63, 3.8) is 0 Å². The molecule has 2 heterocycles. The molecule has 8 heteroatoms. The molecule has 0 aliphatic rings. The van der Waals surface area contributed by atoms with Crippen molar-refractivity contribution in [1.82, 2.24) is 29.6 Å². The van der Waals surface area contributed by atoms with Crippen LogP contribution in [0.5, 0.6) is 0 Å². The van der Waals surface area contributed by atoms with E-state index < -0.39 is 0 Å². The molecule has 2 N–H and O–H groups in total. The number of rotatable bonds is 6. The summed E-state index contributed by atoms with van der Waals surface area (Å²) in [7, 11) is 0. The summed E-state index contributed by atoms with van der Waals surface area (Å²) in [5.74, 6) is 1.33. The number of aromatic amines is 1. The molecule has 0 fully saturated rings. The monoisotopic (exact) mass is 406 g/mol. The van der Waals surface area contributed by atoms with Crippen LogP contribution in [0.4, 0.5) is 0 Å². The standard InChI is InChI=1S/C21H22N6OS/c1-3-26-17-10-5-4-9-16(17)23-18(26)12-22-19(28)13-27-20(24-25-21(27)29)15-8-6-7-14(2)11-15/h4-11H,3,12-13H2,1-2H3,(H,22,28)(H,25,29). The van der Waals surface area contributed by atoms with Crippen molar-refractivity contribution in [1.29, 1.82) is 0 Å². The van der Waals surface area contributed by atoms with E-state index in [1.807, 2.05) is 55.5 Å². The highest BCUT2D eigenvalue weighted by Gasteiger charge is 2.14. The third-order valence-electron chi connectivity index (χ3n) is 4.83. The van der Waals surface area contributed by atoms with E-state index >= 15 is 0 Å². The van der Waals surface area contributed by atoms with E-state index in [1.54, 1.807) is 4.57 Å². The molecule has 0 saturated carbocycles. The van der Waals surface area contributed by atoms with Gasteiger partial charge in [-0.1, -0.05) is 35.9 Å². The highest BCUT2D eigenvalue weighted by Crippen LogP contribution is 2.19. The highest BCUT2D eigenvalue weighted by molar-refractivity contribution is 7.71. The fraction of sp³-hybridized carbons (Fsp3) is 0.238. The van der Waals surface area contributed by atoms with Gasteiger partial charge in [0.15, 0.2) is 10.6 Å². The normalized spacial score (nSPS) is 11.1. The molecule has 0 aliphatic heterocycles. The van der Waals surface area contributed by atoms with E-state index in [-0.39, 0.29) is 12.5 Å². The minimum absolute atomic E-state index is 0.0883. The van der Waals surface area contributed by atoms with E-state index in [9.17, 15) is 4.79 Å². The minimum Gasteiger partial charge on any atom is -0.347 e. The van der Waals surface area contributed by atoms with Crippen LogP contribution >= 0.6 is 12.2 Å². The van der Waals surface area contributed by atoms with Crippen LogP contribution in [-0.2, 0) is 24.4 Å². The first-order valence-electron chi connectivity index (χ1n) is 9.50. The van der Waals surface area contributed by atoms with Gasteiger partial charge in [-0.05, 0) is 44.3 Å². The van der Waals surface area contributed by atoms with Crippen LogP contribution in [0.15, 0.2) is 48.5 Å². The van der Waals surface area contributed by atoms with Gasteiger partial charge in [0.2, 0.25) is 5.91 Å². The molecule has 29 heavy (non-hydrogen) atoms. The number of aryl methyl sites for hydroxylation is 2. The number of amides is 1. The van der Waals surface area contributed by atoms with Crippen molar-refractivity contribution in [2.45, 2.75) is 33.5 Å². The molecule has 4 rings (SSSR count). The van der Waals surface area contributed by atoms with Gasteiger partial charge >= 0.3 is 0 Å². The predicted octanol–water partition coefficient (Wildman–Crippen LogP) is 3.60. The molecule has 0 saturated heterocycles. The smallest absolute Gasteiger partial charge is 0.240 e. The zero-order valence-electron chi connectivity index (χ0n) is 16.3. The van der Waals surface area contributed by atoms with Crippen molar-refractivity contribution in [3.05, 3.63) is 64.7 Å². The lowest BCUT2D eigenvalue weighted by Crippen LogP contribution is -2.28. The second-order valence-electron chi connectivity index (χ2n) is 6.85. The molecule has 0 spiro atoms. The number of carbonyl (C=O) groups excluding carboxylic acids is 1. The summed E-state index contributed by atoms with van der Waals surface area (Å²) < 4.78 is 4.23. The number of H-pyrrole nitrogens is 1. The lowest BCUT2D eigenvalue weighted by atomic mass is 10.1. The van der Waals surface area contributed by atoms with Gasteiger partial charge < -0.3 is 9.88 Å². The summed E-state index contributed by atoms with van der Waals surface area (Å²) >= 11 is 5.33. The number of carbonyl (C=O) groups is 1. The quantitative estimate of drug-likeness (QED) is 0.480. The van der Waals surface area contributed by atoms with Crippen molar-refractivity contribution < 1.29 is 4.79 Å². The maximum absolute atomic E-state index is 12.6. The Bertz CT molecular complexity index is 1240. The first kappa shape index (κ1) is 19.1. The Balaban J connectivity index is 1.52. The maximum atomic E-state index is 12.6. The number of aromatic nitrogens is 5. The molecule has 2 aromatic heterocycles. The second kappa shape index (κ2) is 8.00. The zero-order valence-corrected chi connectivity index (χ0v) is 17.2. The Hall–Kier alpha value is -3.26. The Labute approximate surface area is 173 Å². The summed E-state index contributed by atoms with van der Waals surface area (Å²) in [5.41, 5.74) is 4.03. The fourth-order valence-electron chi connectivity index (χ4n) is 3.46. The van der Waals surface area contributed by atoms with E-state index in [0.717, 1.165) is 34.5 Å². The van der Waals surface area contributed by atoms with Crippen molar-refractivity contribution in [3.8, 4) is 11.4 Å². The highest BCUT2D eigenvalue weighted by atomic mass is 32.1. The van der Waals surface area contributed by atoms with Gasteiger partial charge in [-0.2, -0.15) is 5.10 Å². The number of hydrogen-bond donors (Lipinski definition) is 2. The summed E-state index contributed by atoms with van der Waals surface area (Å²) in [6.07, 6.45) is 0. The molecule has 0 atom stereocenters. The van der Waals surface area contributed by atoms with E-state index in [0.29, 0.717) is 17.1 Å². The summed E-state index contributed by atoms with van der Waals surface area (Å²) in [6.45, 7) is 5.31. The van der Waals surface area contributed by atoms with Crippen LogP contribution in [0.3, 0.4) is 0 Å². The number of benzene rings is 2. The summed E-state index contributed by atoms with van der Waals surface area (Å²) in [5, 5.41) is 10.1. The van der Waals surface area contributed by atoms with Crippen molar-refractivity contribution in [2.75, 3.05) is 0 Å². The summed E-state index contributed by atoms with van der Waals surface area (Å²) in [4.78, 5) is 17.3. The van der Waals surface area contributed by atoms with Gasteiger partial charge in [-0.3, -0.25) is 14.5 Å². The van der Waals surface area contributed by atoms with Crippen LogP contribution in [0.2, 0.25) is 0 Å². The first-order chi connectivity index (χ1) is 14.1. The van der Waals surface area contributed by atoms with Crippen LogP contribution in [0, 0.1) is 11.7 Å². The SMILES string of the molecule is CCn1c(CNC(=O)Cn2c(-c3cccc(C)c3)n[nH]c2=S)nc2ccccc21. The molecule has 1 amide bonds. The van der Waals surface area contributed by atoms with Crippen LogP contribution in [0.1, 0.15) is 18.3 Å². The van der Waals surface area contributed by atoms with Gasteiger partial charge in [0.05, 0.1) is 17.6 Å². The number of nitrogens with zero attached hydrogens (tertiary/aromatic N) is 4. The van der Waals surface area contributed by atoms with Gasteiger partial charge in [-0.15, -0.1) is 0 Å². The number of fused-ring (bicyclic) bond motifs is 1. The van der Waals surface area contributed by atoms with Crippen molar-refractivity contribution in [2.24, 2.45) is 0 Å². The molecular weight excluding hydrogens is 384 g/mol. The minimum atomic E-state index is -0.147. The number of nitrogens with one attached hydrogen (secondary N) is 2. The second-order valence-corrected chi connectivity index (χ2v) is 7.23. The third kappa shape index (κ3) is 3.84. The Morgan fingerprint density at radius 3 is 2.79 bits per heavy atom. The predicted molar refractivity (Wildman–Crippen MR) is 115 cm³/mol. The van der Waals surface area contributed by atoms with E-state index in [1.165, 1.54) is 0 Å². The number of para-hydroxylation sites is 2. The van der Waals surface area contributed by atoms with Crippen LogP contribution < -0.4 is 5.32 Å². The molecule has 0 radical (unpaired) electrons. The van der Waals surface area contributed by atoms with Gasteiger partial charge in [0.1, 0.15) is 12.4 Å². The fourth-order valence-corrected chi connectivity index (χ4v) is 3.66. The topological polar surface area (TPSA) is 80.5 Å². The summed E-state index contributed by atoms with van der Waals surface area (Å²) in [6, 6.07) is 15.9. The van der Waals surface area contributed by atoms with Gasteiger partial charge in [0, 0.05) is 12.1 Å². The average Bonchev–Trinajstić information content (AvgIpc) is 3.26. The number of imidazole rings is 1. The first-order valence-corrected chi connectivity index (χ1v) is 9.90. The van der Waals surface area contributed by atoms with E-state index in [4.69, 9.17) is 12.2 Å². The Morgan fingerprint density at radius 2 is 2.00 bits per heavy atom. The molecule has 148 valence electrons. The Kier molecular flexibility index (Phi) is 5.26. The molecule has 0 unspecified atom stereocenters. The maximum Gasteiger partial charge on any atom is 0.240 e. The average molecular weight is 407 g/mol.